The molecule has 0 aliphatic carbocycles. The molecule has 13 heavy (non-hydrogen) atoms. The fourth-order valence-electron chi connectivity index (χ4n) is 1.43. The summed E-state index contributed by atoms with van der Waals surface area (Å²) in [5.74, 6) is 0.455. The number of amides is 1. The Kier molecular flexibility index (Phi) is 5.16. The molecule has 1 aliphatic heterocycles. The van der Waals surface area contributed by atoms with E-state index >= 15 is 0 Å². The fraction of sp³-hybridized carbons (Fsp3) is 0.889. The summed E-state index contributed by atoms with van der Waals surface area (Å²) in [5.41, 5.74) is 0. The molecular weight excluding hydrogens is 190 g/mol. The monoisotopic (exact) mass is 205 g/mol. The molecule has 1 N–H and O–H groups in total. The van der Waals surface area contributed by atoms with Crippen LogP contribution in [0.15, 0.2) is 0 Å². The molecule has 1 heterocycles. The summed E-state index contributed by atoms with van der Waals surface area (Å²) >= 11 is 5.46. The van der Waals surface area contributed by atoms with E-state index in [1.165, 1.54) is 0 Å². The van der Waals surface area contributed by atoms with Crippen LogP contribution in [0.4, 0.5) is 0 Å². The zero-order chi connectivity index (χ0) is 9.52. The van der Waals surface area contributed by atoms with Crippen LogP contribution in [-0.2, 0) is 9.53 Å². The Hall–Kier alpha value is -0.280. The third-order valence-corrected chi connectivity index (χ3v) is 2.33. The van der Waals surface area contributed by atoms with Crippen molar-refractivity contribution in [2.75, 3.05) is 19.1 Å². The number of ether oxygens (including phenoxy) is 1. The van der Waals surface area contributed by atoms with E-state index in [1.54, 1.807) is 0 Å². The summed E-state index contributed by atoms with van der Waals surface area (Å²) in [4.78, 5) is 11.2. The normalized spacial score (nSPS) is 23.6. The summed E-state index contributed by atoms with van der Waals surface area (Å²) in [7, 11) is 0. The minimum Gasteiger partial charge on any atom is -0.381 e. The molecule has 1 rings (SSSR count). The fourth-order valence-corrected chi connectivity index (χ4v) is 1.61. The topological polar surface area (TPSA) is 38.3 Å². The summed E-state index contributed by atoms with van der Waals surface area (Å²) in [6, 6.07) is 0.290. The van der Waals surface area contributed by atoms with E-state index in [2.05, 4.69) is 5.32 Å². The van der Waals surface area contributed by atoms with E-state index in [0.29, 0.717) is 18.3 Å². The van der Waals surface area contributed by atoms with Gasteiger partial charge in [-0.25, -0.2) is 0 Å². The maximum atomic E-state index is 11.2. The maximum Gasteiger partial charge on any atom is 0.221 e. The van der Waals surface area contributed by atoms with Crippen molar-refractivity contribution in [3.05, 3.63) is 0 Å². The van der Waals surface area contributed by atoms with Gasteiger partial charge in [-0.1, -0.05) is 0 Å². The second-order valence-electron chi connectivity index (χ2n) is 3.25. The summed E-state index contributed by atoms with van der Waals surface area (Å²) < 4.78 is 5.29. The van der Waals surface area contributed by atoms with Crippen molar-refractivity contribution in [3.8, 4) is 0 Å². The van der Waals surface area contributed by atoms with E-state index < -0.39 is 0 Å². The smallest absolute Gasteiger partial charge is 0.221 e. The molecule has 1 fully saturated rings. The molecule has 0 bridgehead atoms. The van der Waals surface area contributed by atoms with Gasteiger partial charge < -0.3 is 10.1 Å². The van der Waals surface area contributed by atoms with Gasteiger partial charge in [0.1, 0.15) is 0 Å². The third kappa shape index (κ3) is 4.48. The quantitative estimate of drug-likeness (QED) is 0.706. The molecule has 1 amide bonds. The van der Waals surface area contributed by atoms with Crippen LogP contribution >= 0.6 is 11.6 Å². The molecule has 0 aromatic rings. The lowest BCUT2D eigenvalue weighted by molar-refractivity contribution is -0.121. The van der Waals surface area contributed by atoms with Gasteiger partial charge in [-0.15, -0.1) is 11.6 Å². The van der Waals surface area contributed by atoms with Gasteiger partial charge in [-0.3, -0.25) is 4.79 Å². The minimum absolute atomic E-state index is 0.0573. The Morgan fingerprint density at radius 1 is 1.46 bits per heavy atom. The first-order valence-electron chi connectivity index (χ1n) is 4.76. The predicted octanol–water partition coefficient (Wildman–Crippen LogP) is 1.30. The number of rotatable bonds is 3. The average Bonchev–Trinajstić information content (AvgIpc) is 2.33. The van der Waals surface area contributed by atoms with Gasteiger partial charge in [0.15, 0.2) is 0 Å². The van der Waals surface area contributed by atoms with Gasteiger partial charge in [0, 0.05) is 31.6 Å². The van der Waals surface area contributed by atoms with Crippen LogP contribution in [0.3, 0.4) is 0 Å². The van der Waals surface area contributed by atoms with E-state index in [-0.39, 0.29) is 5.91 Å². The molecule has 0 aromatic carbocycles. The molecule has 1 atom stereocenters. The molecule has 0 radical (unpaired) electrons. The van der Waals surface area contributed by atoms with E-state index in [1.807, 2.05) is 0 Å². The lowest BCUT2D eigenvalue weighted by Crippen LogP contribution is -2.35. The van der Waals surface area contributed by atoms with Gasteiger partial charge in [-0.05, 0) is 19.3 Å². The largest absolute Gasteiger partial charge is 0.381 e. The SMILES string of the molecule is O=C(CCCl)NC1CCCOCC1. The second-order valence-corrected chi connectivity index (χ2v) is 3.62. The van der Waals surface area contributed by atoms with Crippen molar-refractivity contribution in [1.29, 1.82) is 0 Å². The Morgan fingerprint density at radius 3 is 3.08 bits per heavy atom. The third-order valence-electron chi connectivity index (χ3n) is 2.14. The van der Waals surface area contributed by atoms with Crippen LogP contribution in [0.25, 0.3) is 0 Å². The van der Waals surface area contributed by atoms with Crippen molar-refractivity contribution in [2.45, 2.75) is 31.7 Å². The highest BCUT2D eigenvalue weighted by atomic mass is 35.5. The highest BCUT2D eigenvalue weighted by Crippen LogP contribution is 2.08. The summed E-state index contributed by atoms with van der Waals surface area (Å²) in [5, 5.41) is 2.96. The number of hydrogen-bond acceptors (Lipinski definition) is 2. The number of hydrogen-bond donors (Lipinski definition) is 1. The highest BCUT2D eigenvalue weighted by Gasteiger charge is 2.13. The first kappa shape index (κ1) is 10.8. The van der Waals surface area contributed by atoms with Crippen molar-refractivity contribution in [1.82, 2.24) is 5.32 Å². The molecule has 1 aliphatic rings. The Morgan fingerprint density at radius 2 is 2.31 bits per heavy atom. The van der Waals surface area contributed by atoms with Crippen LogP contribution in [-0.4, -0.2) is 31.0 Å². The molecule has 0 saturated carbocycles. The lowest BCUT2D eigenvalue weighted by Gasteiger charge is -2.14. The number of alkyl halides is 1. The Balaban J connectivity index is 2.21. The van der Waals surface area contributed by atoms with Crippen molar-refractivity contribution < 1.29 is 9.53 Å². The summed E-state index contributed by atoms with van der Waals surface area (Å²) in [6.45, 7) is 1.58. The van der Waals surface area contributed by atoms with Gasteiger partial charge in [0.05, 0.1) is 0 Å². The zero-order valence-electron chi connectivity index (χ0n) is 7.72. The number of carbonyl (C=O) groups is 1. The molecule has 4 heteroatoms. The summed E-state index contributed by atoms with van der Waals surface area (Å²) in [6.07, 6.45) is 3.40. The minimum atomic E-state index is 0.0573. The van der Waals surface area contributed by atoms with Crippen LogP contribution in [0.2, 0.25) is 0 Å². The van der Waals surface area contributed by atoms with Gasteiger partial charge in [-0.2, -0.15) is 0 Å². The number of nitrogens with one attached hydrogen (secondary N) is 1. The second kappa shape index (κ2) is 6.22. The predicted molar refractivity (Wildman–Crippen MR) is 51.9 cm³/mol. The van der Waals surface area contributed by atoms with Crippen molar-refractivity contribution in [2.24, 2.45) is 0 Å². The van der Waals surface area contributed by atoms with Gasteiger partial charge >= 0.3 is 0 Å². The first-order chi connectivity index (χ1) is 6.33. The van der Waals surface area contributed by atoms with E-state index in [0.717, 1.165) is 32.5 Å². The van der Waals surface area contributed by atoms with Crippen LogP contribution in [0, 0.1) is 0 Å². The van der Waals surface area contributed by atoms with Crippen LogP contribution in [0.1, 0.15) is 25.7 Å². The highest BCUT2D eigenvalue weighted by molar-refractivity contribution is 6.18. The van der Waals surface area contributed by atoms with Crippen molar-refractivity contribution in [3.63, 3.8) is 0 Å². The van der Waals surface area contributed by atoms with Crippen molar-refractivity contribution >= 4 is 17.5 Å². The molecule has 0 spiro atoms. The standard InChI is InChI=1S/C9H16ClNO2/c10-5-3-9(12)11-8-2-1-6-13-7-4-8/h8H,1-7H2,(H,11,12). The molecule has 1 saturated heterocycles. The van der Waals surface area contributed by atoms with Gasteiger partial charge in [0.2, 0.25) is 5.91 Å². The molecule has 1 unspecified atom stereocenters. The number of carbonyl (C=O) groups excluding carboxylic acids is 1. The van der Waals surface area contributed by atoms with Crippen LogP contribution in [0.5, 0.6) is 0 Å². The Bertz CT molecular complexity index is 156. The molecular formula is C9H16ClNO2. The molecule has 76 valence electrons. The number of halogens is 1. The maximum absolute atomic E-state index is 11.2. The Labute approximate surface area is 83.8 Å². The van der Waals surface area contributed by atoms with Crippen LogP contribution < -0.4 is 5.32 Å². The molecule has 3 nitrogen and oxygen atoms in total. The average molecular weight is 206 g/mol. The lowest BCUT2D eigenvalue weighted by atomic mass is 10.1. The van der Waals surface area contributed by atoms with E-state index in [9.17, 15) is 4.79 Å². The zero-order valence-corrected chi connectivity index (χ0v) is 8.48. The van der Waals surface area contributed by atoms with Gasteiger partial charge in [0.25, 0.3) is 0 Å². The first-order valence-corrected chi connectivity index (χ1v) is 5.29. The van der Waals surface area contributed by atoms with E-state index in [4.69, 9.17) is 16.3 Å². The molecule has 0 aromatic heterocycles.